The molecule has 0 atom stereocenters. The molecular formula is C31H38Cl2N6O5S. The zero-order valence-corrected chi connectivity index (χ0v) is 27.6. The van der Waals surface area contributed by atoms with Crippen molar-refractivity contribution >= 4 is 45.0 Å². The number of pyridine rings is 1. The molecule has 0 bridgehead atoms. The lowest BCUT2D eigenvalue weighted by atomic mass is 9.93. The zero-order chi connectivity index (χ0) is 32.0. The number of anilines is 1. The van der Waals surface area contributed by atoms with E-state index >= 15 is 0 Å². The number of hydrogen-bond donors (Lipinski definition) is 1. The molecule has 1 aromatic carbocycles. The summed E-state index contributed by atoms with van der Waals surface area (Å²) < 4.78 is 29.0. The number of ether oxygens (including phenoxy) is 1. The number of aliphatic carboxylic acids is 1. The van der Waals surface area contributed by atoms with E-state index in [0.29, 0.717) is 46.3 Å². The molecule has 45 heavy (non-hydrogen) atoms. The number of piperidine rings is 1. The maximum Gasteiger partial charge on any atom is 0.303 e. The first-order valence-electron chi connectivity index (χ1n) is 15.1. The average molecular weight is 678 g/mol. The molecule has 242 valence electrons. The number of carbonyl (C=O) groups is 1. The van der Waals surface area contributed by atoms with Crippen LogP contribution < -0.4 is 9.64 Å². The molecule has 11 nitrogen and oxygen atoms in total. The molecule has 0 amide bonds. The van der Waals surface area contributed by atoms with Crippen molar-refractivity contribution in [2.24, 2.45) is 5.92 Å². The maximum absolute atomic E-state index is 11.4. The molecule has 3 aromatic rings. The molecule has 0 saturated carbocycles. The number of halogens is 2. The quantitative estimate of drug-likeness (QED) is 0.282. The van der Waals surface area contributed by atoms with E-state index in [1.807, 2.05) is 24.3 Å². The minimum absolute atomic E-state index is 0.206. The predicted molar refractivity (Wildman–Crippen MR) is 175 cm³/mol. The first-order valence-corrected chi connectivity index (χ1v) is 17.9. The Morgan fingerprint density at radius 2 is 1.62 bits per heavy atom. The molecule has 5 rings (SSSR count). The lowest BCUT2D eigenvalue weighted by Crippen LogP contribution is -2.47. The Hall–Kier alpha value is -3.03. The molecule has 2 aromatic heterocycles. The fraction of sp³-hybridized carbons (Fsp3) is 0.484. The van der Waals surface area contributed by atoms with Crippen molar-refractivity contribution in [1.82, 2.24) is 24.8 Å². The molecule has 1 N–H and O–H groups in total. The van der Waals surface area contributed by atoms with Crippen LogP contribution >= 0.6 is 23.2 Å². The second kappa shape index (κ2) is 15.0. The monoisotopic (exact) mass is 676 g/mol. The summed E-state index contributed by atoms with van der Waals surface area (Å²) in [7, 11) is -2.94. The third-order valence-corrected chi connectivity index (χ3v) is 9.54. The predicted octanol–water partition coefficient (Wildman–Crippen LogP) is 4.88. The zero-order valence-electron chi connectivity index (χ0n) is 25.2. The van der Waals surface area contributed by atoms with Gasteiger partial charge in [0.05, 0.1) is 23.8 Å². The van der Waals surface area contributed by atoms with E-state index in [9.17, 15) is 13.2 Å². The molecule has 0 spiro atoms. The van der Waals surface area contributed by atoms with Gasteiger partial charge < -0.3 is 14.7 Å². The summed E-state index contributed by atoms with van der Waals surface area (Å²) in [6.45, 7) is 6.19. The van der Waals surface area contributed by atoms with Crippen LogP contribution in [-0.4, -0.2) is 102 Å². The van der Waals surface area contributed by atoms with Crippen LogP contribution in [-0.2, 0) is 21.2 Å². The minimum Gasteiger partial charge on any atom is -0.481 e. The van der Waals surface area contributed by atoms with Crippen LogP contribution in [0.4, 0.5) is 5.95 Å². The van der Waals surface area contributed by atoms with Crippen LogP contribution in [0.25, 0.3) is 11.3 Å². The highest BCUT2D eigenvalue weighted by molar-refractivity contribution is 7.90. The number of nitrogens with zero attached hydrogens (tertiary/aromatic N) is 6. The number of benzene rings is 1. The highest BCUT2D eigenvalue weighted by Gasteiger charge is 2.23. The van der Waals surface area contributed by atoms with Gasteiger partial charge in [0.2, 0.25) is 11.8 Å². The van der Waals surface area contributed by atoms with E-state index in [4.69, 9.17) is 38.0 Å². The highest BCUT2D eigenvalue weighted by Crippen LogP contribution is 2.31. The molecule has 2 aliphatic heterocycles. The van der Waals surface area contributed by atoms with Gasteiger partial charge >= 0.3 is 5.97 Å². The standard InChI is InChI=1S/C31H38Cl2N6O5S/c1-45(42,43)12-2-5-37-8-10-39(11-9-37)31-34-19-27(20-35-31)44-29-14-23(21-38-6-3-22(4-7-38)15-30(40)41)13-28(36-29)24-16-25(32)18-26(33)17-24/h13-14,16-20,22H,2-12,15,21H2,1H3,(H,40,41). The van der Waals surface area contributed by atoms with Crippen molar-refractivity contribution < 1.29 is 23.1 Å². The summed E-state index contributed by atoms with van der Waals surface area (Å²) in [6.07, 6.45) is 7.09. The summed E-state index contributed by atoms with van der Waals surface area (Å²) >= 11 is 12.6. The fourth-order valence-electron chi connectivity index (χ4n) is 5.77. The normalized spacial score (nSPS) is 17.0. The van der Waals surface area contributed by atoms with Gasteiger partial charge in [-0.25, -0.2) is 23.4 Å². The van der Waals surface area contributed by atoms with E-state index in [-0.39, 0.29) is 18.1 Å². The van der Waals surface area contributed by atoms with Gasteiger partial charge in [0.1, 0.15) is 9.84 Å². The summed E-state index contributed by atoms with van der Waals surface area (Å²) in [5.74, 6) is 1.12. The molecule has 0 aliphatic carbocycles. The Morgan fingerprint density at radius 3 is 2.24 bits per heavy atom. The van der Waals surface area contributed by atoms with Crippen LogP contribution in [0.15, 0.2) is 42.7 Å². The van der Waals surface area contributed by atoms with E-state index in [1.54, 1.807) is 18.5 Å². The van der Waals surface area contributed by atoms with Crippen molar-refractivity contribution in [3.05, 3.63) is 58.3 Å². The third-order valence-electron chi connectivity index (χ3n) is 8.08. The lowest BCUT2D eigenvalue weighted by Gasteiger charge is -2.34. The maximum atomic E-state index is 11.4. The highest BCUT2D eigenvalue weighted by atomic mass is 35.5. The van der Waals surface area contributed by atoms with E-state index < -0.39 is 15.8 Å². The SMILES string of the molecule is CS(=O)(=O)CCCN1CCN(c2ncc(Oc3cc(CN4CCC(CC(=O)O)CC4)cc(-c4cc(Cl)cc(Cl)c4)n3)cn2)CC1. The largest absolute Gasteiger partial charge is 0.481 e. The lowest BCUT2D eigenvalue weighted by molar-refractivity contribution is -0.138. The van der Waals surface area contributed by atoms with Crippen molar-refractivity contribution in [2.75, 3.05) is 62.7 Å². The number of rotatable bonds is 12. The van der Waals surface area contributed by atoms with Gasteiger partial charge in [-0.3, -0.25) is 14.6 Å². The minimum atomic E-state index is -2.94. The van der Waals surface area contributed by atoms with Gasteiger partial charge in [-0.1, -0.05) is 23.2 Å². The number of sulfone groups is 1. The number of carboxylic acid groups (broad SMARTS) is 1. The van der Waals surface area contributed by atoms with Gasteiger partial charge in [-0.05, 0) is 74.6 Å². The van der Waals surface area contributed by atoms with Crippen molar-refractivity contribution in [3.63, 3.8) is 0 Å². The summed E-state index contributed by atoms with van der Waals surface area (Å²) in [5.41, 5.74) is 2.43. The topological polar surface area (TPSA) is 129 Å². The Labute approximate surface area is 274 Å². The second-order valence-corrected chi connectivity index (χ2v) is 14.9. The molecule has 2 saturated heterocycles. The van der Waals surface area contributed by atoms with Crippen LogP contribution in [0.5, 0.6) is 11.6 Å². The second-order valence-electron chi connectivity index (χ2n) is 11.8. The van der Waals surface area contributed by atoms with Crippen LogP contribution in [0.3, 0.4) is 0 Å². The Kier molecular flexibility index (Phi) is 11.1. The van der Waals surface area contributed by atoms with Crippen molar-refractivity contribution in [3.8, 4) is 22.9 Å². The van der Waals surface area contributed by atoms with Crippen molar-refractivity contribution in [1.29, 1.82) is 0 Å². The average Bonchev–Trinajstić information content (AvgIpc) is 2.97. The molecule has 2 aliphatic rings. The van der Waals surface area contributed by atoms with Crippen molar-refractivity contribution in [2.45, 2.75) is 32.2 Å². The van der Waals surface area contributed by atoms with Gasteiger partial charge in [0, 0.05) is 67.1 Å². The number of aromatic nitrogens is 3. The summed E-state index contributed by atoms with van der Waals surface area (Å²) in [4.78, 5) is 31.7. The fourth-order valence-corrected chi connectivity index (χ4v) is 6.95. The summed E-state index contributed by atoms with van der Waals surface area (Å²) in [6, 6.07) is 9.19. The van der Waals surface area contributed by atoms with Gasteiger partial charge in [0.25, 0.3) is 0 Å². The molecule has 4 heterocycles. The third kappa shape index (κ3) is 10.2. The molecule has 14 heteroatoms. The Bertz CT molecular complexity index is 1560. The van der Waals surface area contributed by atoms with E-state index in [1.165, 1.54) is 6.26 Å². The first-order chi connectivity index (χ1) is 21.5. The van der Waals surface area contributed by atoms with E-state index in [2.05, 4.69) is 24.7 Å². The Morgan fingerprint density at radius 1 is 0.956 bits per heavy atom. The number of hydrogen-bond acceptors (Lipinski definition) is 10. The van der Waals surface area contributed by atoms with Gasteiger partial charge in [-0.15, -0.1) is 0 Å². The molecule has 0 radical (unpaired) electrons. The summed E-state index contributed by atoms with van der Waals surface area (Å²) in [5, 5.41) is 10.2. The van der Waals surface area contributed by atoms with Crippen LogP contribution in [0.1, 0.15) is 31.2 Å². The van der Waals surface area contributed by atoms with Gasteiger partial charge in [0.15, 0.2) is 5.75 Å². The van der Waals surface area contributed by atoms with Crippen LogP contribution in [0, 0.1) is 5.92 Å². The molecule has 2 fully saturated rings. The number of piperazine rings is 1. The van der Waals surface area contributed by atoms with Crippen LogP contribution in [0.2, 0.25) is 10.0 Å². The Balaban J connectivity index is 1.25. The smallest absolute Gasteiger partial charge is 0.303 e. The molecule has 0 unspecified atom stereocenters. The molecular weight excluding hydrogens is 639 g/mol. The first kappa shape index (κ1) is 33.3. The van der Waals surface area contributed by atoms with Gasteiger partial charge in [-0.2, -0.15) is 0 Å². The number of carboxylic acids is 1. The van der Waals surface area contributed by atoms with E-state index in [0.717, 1.165) is 69.8 Å². The number of likely N-dealkylation sites (tertiary alicyclic amines) is 1.